The van der Waals surface area contributed by atoms with Crippen LogP contribution in [0.15, 0.2) is 79.4 Å². The topological polar surface area (TPSA) is 125 Å². The molecule has 1 N–H and O–H groups in total. The van der Waals surface area contributed by atoms with Crippen molar-refractivity contribution in [2.75, 3.05) is 0 Å². The summed E-state index contributed by atoms with van der Waals surface area (Å²) in [6, 6.07) is 15.8. The van der Waals surface area contributed by atoms with Gasteiger partial charge < -0.3 is 5.11 Å². The van der Waals surface area contributed by atoms with Crippen molar-refractivity contribution in [1.82, 2.24) is 4.57 Å². The third kappa shape index (κ3) is 4.11. The van der Waals surface area contributed by atoms with Gasteiger partial charge in [0, 0.05) is 12.1 Å². The minimum atomic E-state index is -3.74. The van der Waals surface area contributed by atoms with E-state index in [0.717, 1.165) is 4.57 Å². The van der Waals surface area contributed by atoms with Crippen LogP contribution in [-0.2, 0) is 22.8 Å². The molecule has 0 spiro atoms. The Labute approximate surface area is 179 Å². The van der Waals surface area contributed by atoms with Crippen molar-refractivity contribution in [1.29, 1.82) is 5.26 Å². The fraction of sp³-hybridized carbons (Fsp3) is 0.182. The smallest absolute Gasteiger partial charge is 0.281 e. The van der Waals surface area contributed by atoms with Gasteiger partial charge in [-0.2, -0.15) is 10.4 Å². The predicted octanol–water partition coefficient (Wildman–Crippen LogP) is 4.26. The third-order valence-electron chi connectivity index (χ3n) is 4.74. The molecule has 0 fully saturated rings. The van der Waals surface area contributed by atoms with Crippen LogP contribution in [0.2, 0.25) is 0 Å². The van der Waals surface area contributed by atoms with E-state index >= 15 is 0 Å². The lowest BCUT2D eigenvalue weighted by atomic mass is 10.1. The van der Waals surface area contributed by atoms with Crippen LogP contribution >= 0.6 is 0 Å². The number of rotatable bonds is 6. The summed E-state index contributed by atoms with van der Waals surface area (Å²) in [5.41, 5.74) is -0.152. The first-order valence-corrected chi connectivity index (χ1v) is 11.0. The number of nitriles is 1. The summed E-state index contributed by atoms with van der Waals surface area (Å²) in [6.07, 6.45) is 0.285. The van der Waals surface area contributed by atoms with Gasteiger partial charge in [0.1, 0.15) is 11.6 Å². The molecule has 0 aliphatic carbocycles. The minimum absolute atomic E-state index is 0.0293. The molecule has 1 aromatic heterocycles. The van der Waals surface area contributed by atoms with E-state index in [4.69, 9.17) is 0 Å². The first kappa shape index (κ1) is 21.9. The summed E-state index contributed by atoms with van der Waals surface area (Å²) in [7, 11) is -3.74. The number of benzene rings is 2. The molecular weight excluding hydrogens is 416 g/mol. The molecular formula is C22H20N4O4S. The van der Waals surface area contributed by atoms with Crippen molar-refractivity contribution in [2.45, 2.75) is 36.6 Å². The molecule has 3 aromatic rings. The van der Waals surface area contributed by atoms with E-state index < -0.39 is 21.3 Å². The highest BCUT2D eigenvalue weighted by Gasteiger charge is 2.20. The Morgan fingerprint density at radius 2 is 1.71 bits per heavy atom. The van der Waals surface area contributed by atoms with Crippen LogP contribution in [0.4, 0.5) is 11.4 Å². The van der Waals surface area contributed by atoms with Gasteiger partial charge in [-0.05, 0) is 43.7 Å². The first-order valence-electron chi connectivity index (χ1n) is 9.55. The molecule has 1 heterocycles. The maximum absolute atomic E-state index is 12.8. The molecule has 0 saturated heterocycles. The van der Waals surface area contributed by atoms with E-state index in [1.807, 2.05) is 6.07 Å². The highest BCUT2D eigenvalue weighted by Crippen LogP contribution is 2.29. The zero-order valence-electron chi connectivity index (χ0n) is 17.0. The predicted molar refractivity (Wildman–Crippen MR) is 115 cm³/mol. The van der Waals surface area contributed by atoms with E-state index in [0.29, 0.717) is 0 Å². The van der Waals surface area contributed by atoms with Crippen LogP contribution in [-0.4, -0.2) is 18.1 Å². The summed E-state index contributed by atoms with van der Waals surface area (Å²) in [5.74, 6) is -0.401. The van der Waals surface area contributed by atoms with Gasteiger partial charge in [-0.15, -0.1) is 5.11 Å². The molecule has 0 bridgehead atoms. The van der Waals surface area contributed by atoms with Gasteiger partial charge in [0.2, 0.25) is 15.7 Å². The number of aromatic nitrogens is 1. The monoisotopic (exact) mass is 436 g/mol. The highest BCUT2D eigenvalue weighted by atomic mass is 32.2. The van der Waals surface area contributed by atoms with Crippen molar-refractivity contribution in [3.8, 4) is 11.9 Å². The van der Waals surface area contributed by atoms with Crippen LogP contribution < -0.4 is 5.56 Å². The molecule has 0 aliphatic heterocycles. The number of pyridine rings is 1. The van der Waals surface area contributed by atoms with Gasteiger partial charge in [0.15, 0.2) is 5.69 Å². The molecule has 0 saturated carbocycles. The summed E-state index contributed by atoms with van der Waals surface area (Å²) in [4.78, 5) is 12.9. The fourth-order valence-electron chi connectivity index (χ4n) is 3.16. The van der Waals surface area contributed by atoms with Gasteiger partial charge >= 0.3 is 0 Å². The fourth-order valence-corrected chi connectivity index (χ4v) is 4.48. The average molecular weight is 436 g/mol. The van der Waals surface area contributed by atoms with E-state index in [2.05, 4.69) is 10.2 Å². The lowest BCUT2D eigenvalue weighted by Crippen LogP contribution is -2.21. The van der Waals surface area contributed by atoms with E-state index in [-0.39, 0.29) is 45.3 Å². The number of azo groups is 1. The molecule has 9 heteroatoms. The van der Waals surface area contributed by atoms with Crippen molar-refractivity contribution in [3.05, 3.63) is 76.1 Å². The number of nitrogens with zero attached hydrogens (tertiary/aromatic N) is 4. The summed E-state index contributed by atoms with van der Waals surface area (Å²) < 4.78 is 26.7. The molecule has 0 radical (unpaired) electrons. The molecule has 31 heavy (non-hydrogen) atoms. The van der Waals surface area contributed by atoms with Crippen LogP contribution in [0.3, 0.4) is 0 Å². The lowest BCUT2D eigenvalue weighted by Gasteiger charge is -2.12. The second-order valence-electron chi connectivity index (χ2n) is 6.55. The maximum atomic E-state index is 12.8. The highest BCUT2D eigenvalue weighted by molar-refractivity contribution is 7.91. The molecule has 3 rings (SSSR count). The summed E-state index contributed by atoms with van der Waals surface area (Å²) in [6.45, 7) is 3.54. The van der Waals surface area contributed by atoms with Crippen LogP contribution in [0, 0.1) is 11.3 Å². The minimum Gasteiger partial charge on any atom is -0.493 e. The average Bonchev–Trinajstić information content (AvgIpc) is 2.79. The van der Waals surface area contributed by atoms with Gasteiger partial charge in [0.05, 0.1) is 15.5 Å². The molecule has 8 nitrogen and oxygen atoms in total. The molecule has 0 aliphatic rings. The number of aromatic hydroxyl groups is 1. The summed E-state index contributed by atoms with van der Waals surface area (Å²) in [5, 5.41) is 27.7. The zero-order valence-corrected chi connectivity index (χ0v) is 17.8. The first-order chi connectivity index (χ1) is 14.8. The molecule has 0 atom stereocenters. The van der Waals surface area contributed by atoms with E-state index in [9.17, 15) is 23.6 Å². The van der Waals surface area contributed by atoms with Crippen LogP contribution in [0.5, 0.6) is 5.88 Å². The van der Waals surface area contributed by atoms with Gasteiger partial charge in [-0.3, -0.25) is 9.36 Å². The SMILES string of the molecule is CCc1c(C#N)c(O)n(CC)c(=O)c1N=Nc1cccc(S(=O)(=O)c2ccccc2)c1. The van der Waals surface area contributed by atoms with Crippen molar-refractivity contribution >= 4 is 21.2 Å². The Morgan fingerprint density at radius 1 is 1.03 bits per heavy atom. The quantitative estimate of drug-likeness (QED) is 0.578. The van der Waals surface area contributed by atoms with Gasteiger partial charge in [-0.25, -0.2) is 8.42 Å². The summed E-state index contributed by atoms with van der Waals surface area (Å²) >= 11 is 0. The molecule has 2 aromatic carbocycles. The Bertz CT molecular complexity index is 1350. The number of sulfone groups is 1. The second kappa shape index (κ2) is 8.93. The normalized spacial score (nSPS) is 11.5. The largest absolute Gasteiger partial charge is 0.493 e. The zero-order chi connectivity index (χ0) is 22.6. The van der Waals surface area contributed by atoms with E-state index in [1.165, 1.54) is 30.3 Å². The van der Waals surface area contributed by atoms with Crippen molar-refractivity contribution in [2.24, 2.45) is 10.2 Å². The van der Waals surface area contributed by atoms with Crippen molar-refractivity contribution < 1.29 is 13.5 Å². The van der Waals surface area contributed by atoms with Crippen molar-refractivity contribution in [3.63, 3.8) is 0 Å². The number of hydrogen-bond donors (Lipinski definition) is 1. The Morgan fingerprint density at radius 3 is 2.32 bits per heavy atom. The van der Waals surface area contributed by atoms with Crippen LogP contribution in [0.1, 0.15) is 25.0 Å². The third-order valence-corrected chi connectivity index (χ3v) is 6.51. The van der Waals surface area contributed by atoms with Crippen LogP contribution in [0.25, 0.3) is 0 Å². The lowest BCUT2D eigenvalue weighted by molar-refractivity contribution is 0.409. The molecule has 158 valence electrons. The standard InChI is InChI=1S/C22H20N4O4S/c1-3-18-19(14-23)21(27)26(4-2)22(28)20(18)25-24-15-9-8-12-17(13-15)31(29,30)16-10-6-5-7-11-16/h5-13,27H,3-4H2,1-2H3. The number of hydrogen-bond acceptors (Lipinski definition) is 7. The van der Waals surface area contributed by atoms with Gasteiger partial charge in [0.25, 0.3) is 5.56 Å². The maximum Gasteiger partial charge on any atom is 0.281 e. The van der Waals surface area contributed by atoms with E-state index in [1.54, 1.807) is 38.1 Å². The molecule has 0 amide bonds. The molecule has 0 unspecified atom stereocenters. The Hall–Kier alpha value is -3.77. The van der Waals surface area contributed by atoms with Gasteiger partial charge in [-0.1, -0.05) is 31.2 Å². The second-order valence-corrected chi connectivity index (χ2v) is 8.50. The Balaban J connectivity index is 2.09. The Kier molecular flexibility index (Phi) is 6.32.